The van der Waals surface area contributed by atoms with E-state index in [2.05, 4.69) is 22.1 Å². The van der Waals surface area contributed by atoms with Crippen LogP contribution in [0.15, 0.2) is 42.1 Å². The van der Waals surface area contributed by atoms with Crippen molar-refractivity contribution < 1.29 is 14.3 Å². The fourth-order valence-electron chi connectivity index (χ4n) is 2.83. The first-order valence-corrected chi connectivity index (χ1v) is 9.93. The van der Waals surface area contributed by atoms with Crippen LogP contribution in [0.1, 0.15) is 31.7 Å². The number of nitrogens with zero attached hydrogens (tertiary/aromatic N) is 3. The Kier molecular flexibility index (Phi) is 5.07. The smallest absolute Gasteiger partial charge is 0.233 e. The maximum Gasteiger partial charge on any atom is 0.233 e. The topological polar surface area (TPSA) is 78.3 Å². The maximum absolute atomic E-state index is 12.3. The first kappa shape index (κ1) is 17.9. The number of hydrogen-bond acceptors (Lipinski definition) is 6. The van der Waals surface area contributed by atoms with Crippen molar-refractivity contribution in [3.8, 4) is 11.5 Å². The number of allylic oxidation sites excluding steroid dienone is 1. The van der Waals surface area contributed by atoms with E-state index >= 15 is 0 Å². The van der Waals surface area contributed by atoms with Crippen LogP contribution in [0.25, 0.3) is 0 Å². The molecule has 1 amide bonds. The number of para-hydroxylation sites is 2. The monoisotopic (exact) mass is 386 g/mol. The zero-order valence-corrected chi connectivity index (χ0v) is 15.9. The van der Waals surface area contributed by atoms with Crippen molar-refractivity contribution in [3.05, 3.63) is 42.7 Å². The van der Waals surface area contributed by atoms with Crippen molar-refractivity contribution in [2.75, 3.05) is 6.61 Å². The molecule has 1 aromatic heterocycles. The molecule has 1 aliphatic carbocycles. The van der Waals surface area contributed by atoms with E-state index in [1.165, 1.54) is 11.8 Å². The van der Waals surface area contributed by atoms with Crippen molar-refractivity contribution in [2.45, 2.75) is 48.9 Å². The summed E-state index contributed by atoms with van der Waals surface area (Å²) in [6.45, 7) is 6.59. The molecule has 2 atom stereocenters. The van der Waals surface area contributed by atoms with Crippen LogP contribution >= 0.6 is 11.8 Å². The average Bonchev–Trinajstić information content (AvgIpc) is 3.42. The SMILES string of the molecule is C=CCn1c(S[C@@H](C)C(=O)NC2CC2)nnc1[C@@H]1COc2ccccc2O1. The standard InChI is InChI=1S/C19H22N4O3S/c1-3-10-23-17(16-11-25-14-6-4-5-7-15(14)26-16)21-22-19(23)27-12(2)18(24)20-13-8-9-13/h3-7,12-13,16H,1,8-11H2,2H3,(H,20,24)/t12-,16-/m0/s1. The second kappa shape index (κ2) is 7.64. The molecule has 4 rings (SSSR count). The highest BCUT2D eigenvalue weighted by atomic mass is 32.2. The van der Waals surface area contributed by atoms with E-state index in [1.54, 1.807) is 6.08 Å². The molecule has 8 heteroatoms. The molecule has 1 N–H and O–H groups in total. The molecule has 0 saturated heterocycles. The van der Waals surface area contributed by atoms with Crippen molar-refractivity contribution >= 4 is 17.7 Å². The molecule has 1 fully saturated rings. The van der Waals surface area contributed by atoms with E-state index in [0.717, 1.165) is 18.6 Å². The summed E-state index contributed by atoms with van der Waals surface area (Å²) in [6.07, 6.45) is 3.56. The van der Waals surface area contributed by atoms with Gasteiger partial charge in [0, 0.05) is 12.6 Å². The lowest BCUT2D eigenvalue weighted by Crippen LogP contribution is -2.32. The summed E-state index contributed by atoms with van der Waals surface area (Å²) in [5.74, 6) is 2.11. The van der Waals surface area contributed by atoms with Gasteiger partial charge in [-0.05, 0) is 31.9 Å². The van der Waals surface area contributed by atoms with E-state index in [1.807, 2.05) is 35.8 Å². The molecule has 2 aliphatic rings. The van der Waals surface area contributed by atoms with Gasteiger partial charge in [-0.1, -0.05) is 30.0 Å². The molecule has 0 bridgehead atoms. The number of thioether (sulfide) groups is 1. The van der Waals surface area contributed by atoms with Gasteiger partial charge in [0.15, 0.2) is 28.6 Å². The third-order valence-electron chi connectivity index (χ3n) is 4.43. The van der Waals surface area contributed by atoms with Gasteiger partial charge in [0.1, 0.15) is 6.61 Å². The number of carbonyl (C=O) groups is 1. The molecule has 1 aliphatic heterocycles. The van der Waals surface area contributed by atoms with Gasteiger partial charge in [-0.25, -0.2) is 0 Å². The Balaban J connectivity index is 1.52. The molecular formula is C19H22N4O3S. The summed E-state index contributed by atoms with van der Waals surface area (Å²) in [5, 5.41) is 12.1. The van der Waals surface area contributed by atoms with E-state index < -0.39 is 0 Å². The normalized spacial score (nSPS) is 19.4. The van der Waals surface area contributed by atoms with Gasteiger partial charge in [-0.3, -0.25) is 9.36 Å². The third kappa shape index (κ3) is 3.95. The minimum atomic E-state index is -0.364. The fraction of sp³-hybridized carbons (Fsp3) is 0.421. The highest BCUT2D eigenvalue weighted by molar-refractivity contribution is 8.00. The molecule has 0 unspecified atom stereocenters. The number of carbonyl (C=O) groups excluding carboxylic acids is 1. The van der Waals surface area contributed by atoms with Gasteiger partial charge in [0.2, 0.25) is 5.91 Å². The predicted molar refractivity (Wildman–Crippen MR) is 102 cm³/mol. The molecule has 142 valence electrons. The van der Waals surface area contributed by atoms with Gasteiger partial charge in [-0.2, -0.15) is 0 Å². The summed E-state index contributed by atoms with van der Waals surface area (Å²) in [7, 11) is 0. The van der Waals surface area contributed by atoms with Crippen LogP contribution < -0.4 is 14.8 Å². The van der Waals surface area contributed by atoms with Crippen LogP contribution in [-0.4, -0.2) is 38.6 Å². The molecule has 2 heterocycles. The summed E-state index contributed by atoms with van der Waals surface area (Å²) < 4.78 is 13.8. The Morgan fingerprint density at radius 1 is 1.41 bits per heavy atom. The number of nitrogens with one attached hydrogen (secondary N) is 1. The Labute approximate surface area is 162 Å². The largest absolute Gasteiger partial charge is 0.485 e. The molecule has 1 saturated carbocycles. The number of ether oxygens (including phenoxy) is 2. The molecule has 27 heavy (non-hydrogen) atoms. The molecule has 7 nitrogen and oxygen atoms in total. The van der Waals surface area contributed by atoms with Crippen LogP contribution in [0.4, 0.5) is 0 Å². The minimum Gasteiger partial charge on any atom is -0.485 e. The van der Waals surface area contributed by atoms with Gasteiger partial charge in [0.25, 0.3) is 0 Å². The number of rotatable bonds is 7. The zero-order chi connectivity index (χ0) is 18.8. The van der Waals surface area contributed by atoms with Crippen LogP contribution in [0.3, 0.4) is 0 Å². The van der Waals surface area contributed by atoms with E-state index in [-0.39, 0.29) is 17.3 Å². The Morgan fingerprint density at radius 2 is 2.19 bits per heavy atom. The summed E-state index contributed by atoms with van der Waals surface area (Å²) >= 11 is 1.39. The molecule has 0 spiro atoms. The second-order valence-corrected chi connectivity index (χ2v) is 7.96. The van der Waals surface area contributed by atoms with Crippen LogP contribution in [0.5, 0.6) is 11.5 Å². The van der Waals surface area contributed by atoms with Crippen LogP contribution in [0.2, 0.25) is 0 Å². The number of benzene rings is 1. The van der Waals surface area contributed by atoms with Crippen LogP contribution in [-0.2, 0) is 11.3 Å². The van der Waals surface area contributed by atoms with Gasteiger partial charge < -0.3 is 14.8 Å². The van der Waals surface area contributed by atoms with Crippen LogP contribution in [0, 0.1) is 0 Å². The molecule has 0 radical (unpaired) electrons. The number of amides is 1. The Bertz CT molecular complexity index is 849. The highest BCUT2D eigenvalue weighted by Gasteiger charge is 2.30. The Morgan fingerprint density at radius 3 is 2.93 bits per heavy atom. The summed E-state index contributed by atoms with van der Waals surface area (Å²) in [6, 6.07) is 7.90. The number of aromatic nitrogens is 3. The summed E-state index contributed by atoms with van der Waals surface area (Å²) in [5.41, 5.74) is 0. The zero-order valence-electron chi connectivity index (χ0n) is 15.1. The third-order valence-corrected chi connectivity index (χ3v) is 5.51. The lowest BCUT2D eigenvalue weighted by atomic mass is 10.2. The predicted octanol–water partition coefficient (Wildman–Crippen LogP) is 2.74. The molecular weight excluding hydrogens is 364 g/mol. The quantitative estimate of drug-likeness (QED) is 0.582. The van der Waals surface area contributed by atoms with Crippen molar-refractivity contribution in [3.63, 3.8) is 0 Å². The van der Waals surface area contributed by atoms with Crippen molar-refractivity contribution in [1.82, 2.24) is 20.1 Å². The second-order valence-electron chi connectivity index (χ2n) is 6.65. The summed E-state index contributed by atoms with van der Waals surface area (Å²) in [4.78, 5) is 12.3. The Hall–Kier alpha value is -2.48. The maximum atomic E-state index is 12.3. The molecule has 2 aromatic rings. The van der Waals surface area contributed by atoms with Gasteiger partial charge in [-0.15, -0.1) is 16.8 Å². The minimum absolute atomic E-state index is 0.0309. The number of hydrogen-bond donors (Lipinski definition) is 1. The number of fused-ring (bicyclic) bond motifs is 1. The van der Waals surface area contributed by atoms with E-state index in [9.17, 15) is 4.79 Å². The first-order valence-electron chi connectivity index (χ1n) is 9.05. The molecule has 1 aromatic carbocycles. The van der Waals surface area contributed by atoms with E-state index in [0.29, 0.717) is 35.9 Å². The van der Waals surface area contributed by atoms with E-state index in [4.69, 9.17) is 9.47 Å². The lowest BCUT2D eigenvalue weighted by Gasteiger charge is -2.26. The van der Waals surface area contributed by atoms with Gasteiger partial charge >= 0.3 is 0 Å². The first-order chi connectivity index (χ1) is 13.2. The van der Waals surface area contributed by atoms with Crippen molar-refractivity contribution in [2.24, 2.45) is 0 Å². The van der Waals surface area contributed by atoms with Gasteiger partial charge in [0.05, 0.1) is 5.25 Å². The van der Waals surface area contributed by atoms with Crippen molar-refractivity contribution in [1.29, 1.82) is 0 Å². The average molecular weight is 386 g/mol. The lowest BCUT2D eigenvalue weighted by molar-refractivity contribution is -0.120. The fourth-order valence-corrected chi connectivity index (χ4v) is 3.71. The highest BCUT2D eigenvalue weighted by Crippen LogP contribution is 2.36.